The molecule has 2 rings (SSSR count). The second kappa shape index (κ2) is 5.35. The Morgan fingerprint density at radius 1 is 1.20 bits per heavy atom. The number of rotatable bonds is 3. The van der Waals surface area contributed by atoms with Crippen molar-refractivity contribution in [3.05, 3.63) is 59.4 Å². The van der Waals surface area contributed by atoms with E-state index in [1.807, 2.05) is 0 Å². The Hall–Kier alpha value is -2.32. The molecule has 3 nitrogen and oxygen atoms in total. The summed E-state index contributed by atoms with van der Waals surface area (Å²) in [6, 6.07) is 10.0. The molecule has 0 fully saturated rings. The fraction of sp³-hybridized carbons (Fsp3) is 0.0667. The summed E-state index contributed by atoms with van der Waals surface area (Å²) in [6.45, 7) is 1.54. The first-order valence-electron chi connectivity index (χ1n) is 5.78. The van der Waals surface area contributed by atoms with Gasteiger partial charge in [0.25, 0.3) is 10.0 Å². The molecule has 0 aliphatic carbocycles. The fourth-order valence-electron chi connectivity index (χ4n) is 1.80. The summed E-state index contributed by atoms with van der Waals surface area (Å²) in [6.07, 6.45) is 5.27. The SMILES string of the molecule is C#Cc1cccc(NS(=O)(=O)c2ccc(F)cc2C)c1. The van der Waals surface area contributed by atoms with Crippen molar-refractivity contribution in [3.8, 4) is 12.3 Å². The predicted molar refractivity (Wildman–Crippen MR) is 76.3 cm³/mol. The number of hydrogen-bond acceptors (Lipinski definition) is 2. The van der Waals surface area contributed by atoms with Crippen LogP contribution in [0.25, 0.3) is 0 Å². The van der Waals surface area contributed by atoms with E-state index >= 15 is 0 Å². The molecule has 0 saturated carbocycles. The second-order valence-electron chi connectivity index (χ2n) is 4.24. The lowest BCUT2D eigenvalue weighted by Gasteiger charge is -2.10. The van der Waals surface area contributed by atoms with Gasteiger partial charge in [-0.1, -0.05) is 12.0 Å². The van der Waals surface area contributed by atoms with Crippen LogP contribution >= 0.6 is 0 Å². The van der Waals surface area contributed by atoms with Gasteiger partial charge in [-0.3, -0.25) is 4.72 Å². The third-order valence-electron chi connectivity index (χ3n) is 2.71. The first-order valence-corrected chi connectivity index (χ1v) is 7.26. The summed E-state index contributed by atoms with van der Waals surface area (Å²) in [7, 11) is -3.77. The smallest absolute Gasteiger partial charge is 0.262 e. The molecule has 1 N–H and O–H groups in total. The number of halogens is 1. The molecule has 0 aliphatic rings. The summed E-state index contributed by atoms with van der Waals surface area (Å²) >= 11 is 0. The average molecular weight is 289 g/mol. The highest BCUT2D eigenvalue weighted by atomic mass is 32.2. The van der Waals surface area contributed by atoms with Crippen molar-refractivity contribution in [2.45, 2.75) is 11.8 Å². The molecule has 0 aliphatic heterocycles. The second-order valence-corrected chi connectivity index (χ2v) is 5.89. The summed E-state index contributed by atoms with van der Waals surface area (Å²) in [5, 5.41) is 0. The zero-order valence-corrected chi connectivity index (χ0v) is 11.5. The topological polar surface area (TPSA) is 46.2 Å². The van der Waals surface area contributed by atoms with Crippen molar-refractivity contribution >= 4 is 15.7 Å². The lowest BCUT2D eigenvalue weighted by atomic mass is 10.2. The number of benzene rings is 2. The average Bonchev–Trinajstić information content (AvgIpc) is 2.37. The van der Waals surface area contributed by atoms with Crippen molar-refractivity contribution in [3.63, 3.8) is 0 Å². The van der Waals surface area contributed by atoms with E-state index in [0.717, 1.165) is 6.07 Å². The molecule has 0 amide bonds. The Morgan fingerprint density at radius 3 is 2.60 bits per heavy atom. The first kappa shape index (κ1) is 14.1. The van der Waals surface area contributed by atoms with Crippen LogP contribution in [0.3, 0.4) is 0 Å². The third kappa shape index (κ3) is 2.98. The molecule has 0 spiro atoms. The normalized spacial score (nSPS) is 10.8. The molecule has 5 heteroatoms. The Bertz CT molecular complexity index is 792. The molecule has 20 heavy (non-hydrogen) atoms. The minimum atomic E-state index is -3.77. The summed E-state index contributed by atoms with van der Waals surface area (Å²) in [4.78, 5) is 0.0324. The number of aryl methyl sites for hydroxylation is 1. The van der Waals surface area contributed by atoms with E-state index < -0.39 is 15.8 Å². The molecular weight excluding hydrogens is 277 g/mol. The molecule has 0 saturated heterocycles. The van der Waals surface area contributed by atoms with Crippen molar-refractivity contribution in [1.82, 2.24) is 0 Å². The Labute approximate surface area is 117 Å². The predicted octanol–water partition coefficient (Wildman–Crippen LogP) is 2.92. The molecular formula is C15H12FNO2S. The minimum Gasteiger partial charge on any atom is -0.280 e. The summed E-state index contributed by atoms with van der Waals surface area (Å²) in [5.41, 5.74) is 1.27. The lowest BCUT2D eigenvalue weighted by molar-refractivity contribution is 0.598. The van der Waals surface area contributed by atoms with Gasteiger partial charge in [0.2, 0.25) is 0 Å². The van der Waals surface area contributed by atoms with Gasteiger partial charge < -0.3 is 0 Å². The fourth-order valence-corrected chi connectivity index (χ4v) is 3.07. The number of anilines is 1. The highest BCUT2D eigenvalue weighted by Crippen LogP contribution is 2.20. The lowest BCUT2D eigenvalue weighted by Crippen LogP contribution is -2.14. The molecule has 0 heterocycles. The molecule has 0 bridgehead atoms. The van der Waals surface area contributed by atoms with Crippen LogP contribution in [-0.2, 0) is 10.0 Å². The maximum Gasteiger partial charge on any atom is 0.262 e. The molecule has 2 aromatic rings. The molecule has 0 unspecified atom stereocenters. The molecule has 0 radical (unpaired) electrons. The molecule has 102 valence electrons. The van der Waals surface area contributed by atoms with Crippen LogP contribution in [0.15, 0.2) is 47.4 Å². The van der Waals surface area contributed by atoms with Gasteiger partial charge >= 0.3 is 0 Å². The van der Waals surface area contributed by atoms with E-state index in [9.17, 15) is 12.8 Å². The molecule has 0 atom stereocenters. The standard InChI is InChI=1S/C15H12FNO2S/c1-3-12-5-4-6-14(10-12)17-20(18,19)15-8-7-13(16)9-11(15)2/h1,4-10,17H,2H3. The third-order valence-corrected chi connectivity index (χ3v) is 4.25. The van der Waals surface area contributed by atoms with E-state index in [0.29, 0.717) is 16.8 Å². The number of terminal acetylenes is 1. The van der Waals surface area contributed by atoms with Crippen molar-refractivity contribution in [2.24, 2.45) is 0 Å². The Morgan fingerprint density at radius 2 is 1.95 bits per heavy atom. The van der Waals surface area contributed by atoms with E-state index in [-0.39, 0.29) is 4.90 Å². The van der Waals surface area contributed by atoms with E-state index in [1.165, 1.54) is 19.1 Å². The van der Waals surface area contributed by atoms with Gasteiger partial charge in [-0.15, -0.1) is 6.42 Å². The molecule has 2 aromatic carbocycles. The van der Waals surface area contributed by atoms with Crippen LogP contribution in [0.1, 0.15) is 11.1 Å². The Balaban J connectivity index is 2.38. The monoisotopic (exact) mass is 289 g/mol. The van der Waals surface area contributed by atoms with Crippen molar-refractivity contribution in [2.75, 3.05) is 4.72 Å². The summed E-state index contributed by atoms with van der Waals surface area (Å²) in [5.74, 6) is 1.95. The zero-order chi connectivity index (χ0) is 14.8. The van der Waals surface area contributed by atoms with Gasteiger partial charge in [-0.2, -0.15) is 0 Å². The quantitative estimate of drug-likeness (QED) is 0.883. The van der Waals surface area contributed by atoms with Gasteiger partial charge in [0.15, 0.2) is 0 Å². The van der Waals surface area contributed by atoms with Crippen molar-refractivity contribution in [1.29, 1.82) is 0 Å². The van der Waals surface area contributed by atoms with E-state index in [2.05, 4.69) is 10.6 Å². The largest absolute Gasteiger partial charge is 0.280 e. The van der Waals surface area contributed by atoms with Crippen LogP contribution < -0.4 is 4.72 Å². The highest BCUT2D eigenvalue weighted by molar-refractivity contribution is 7.92. The van der Waals surface area contributed by atoms with Gasteiger partial charge in [-0.25, -0.2) is 12.8 Å². The van der Waals surface area contributed by atoms with Gasteiger partial charge in [0.05, 0.1) is 10.6 Å². The summed E-state index contributed by atoms with van der Waals surface area (Å²) < 4.78 is 39.9. The van der Waals surface area contributed by atoms with Crippen LogP contribution in [0.2, 0.25) is 0 Å². The highest BCUT2D eigenvalue weighted by Gasteiger charge is 2.17. The zero-order valence-electron chi connectivity index (χ0n) is 10.7. The van der Waals surface area contributed by atoms with Gasteiger partial charge in [0, 0.05) is 5.56 Å². The number of nitrogens with one attached hydrogen (secondary N) is 1. The Kier molecular flexibility index (Phi) is 3.77. The number of sulfonamides is 1. The molecule has 0 aromatic heterocycles. The van der Waals surface area contributed by atoms with Crippen LogP contribution in [-0.4, -0.2) is 8.42 Å². The van der Waals surface area contributed by atoms with E-state index in [1.54, 1.807) is 24.3 Å². The first-order chi connectivity index (χ1) is 9.42. The van der Waals surface area contributed by atoms with Crippen LogP contribution in [0, 0.1) is 25.1 Å². The van der Waals surface area contributed by atoms with Crippen LogP contribution in [0.4, 0.5) is 10.1 Å². The minimum absolute atomic E-state index is 0.0324. The van der Waals surface area contributed by atoms with E-state index in [4.69, 9.17) is 6.42 Å². The van der Waals surface area contributed by atoms with Crippen LogP contribution in [0.5, 0.6) is 0 Å². The maximum absolute atomic E-state index is 13.0. The van der Waals surface area contributed by atoms with Gasteiger partial charge in [0.1, 0.15) is 5.82 Å². The van der Waals surface area contributed by atoms with Crippen molar-refractivity contribution < 1.29 is 12.8 Å². The number of hydrogen-bond donors (Lipinski definition) is 1. The maximum atomic E-state index is 13.0. The van der Waals surface area contributed by atoms with Gasteiger partial charge in [-0.05, 0) is 48.9 Å².